The Bertz CT molecular complexity index is 1340. The minimum absolute atomic E-state index is 0.00737. The molecule has 0 saturated carbocycles. The van der Waals surface area contributed by atoms with Crippen LogP contribution in [0.3, 0.4) is 0 Å². The highest BCUT2D eigenvalue weighted by Crippen LogP contribution is 2.26. The van der Waals surface area contributed by atoms with Crippen LogP contribution in [-0.2, 0) is 19.5 Å². The van der Waals surface area contributed by atoms with Crippen LogP contribution in [0, 0.1) is 0 Å². The molecule has 1 amide bonds. The molecule has 1 aromatic heterocycles. The van der Waals surface area contributed by atoms with Crippen molar-refractivity contribution in [1.82, 2.24) is 9.29 Å². The van der Waals surface area contributed by atoms with E-state index in [1.165, 1.54) is 24.3 Å². The Morgan fingerprint density at radius 1 is 0.946 bits per heavy atom. The first-order valence-electron chi connectivity index (χ1n) is 11.3. The predicted octanol–water partition coefficient (Wildman–Crippen LogP) is 5.55. The molecular formula is C26H25ClN2O7S. The van der Waals surface area contributed by atoms with Crippen LogP contribution >= 0.6 is 11.6 Å². The van der Waals surface area contributed by atoms with Gasteiger partial charge in [-0.05, 0) is 67.4 Å². The summed E-state index contributed by atoms with van der Waals surface area (Å²) in [5, 5.41) is 0.357. The van der Waals surface area contributed by atoms with Gasteiger partial charge in [-0.2, -0.15) is 4.31 Å². The fraction of sp³-hybridized carbons (Fsp3) is 0.192. The van der Waals surface area contributed by atoms with Gasteiger partial charge in [0.05, 0.1) is 24.7 Å². The van der Waals surface area contributed by atoms with Gasteiger partial charge in [0, 0.05) is 23.0 Å². The van der Waals surface area contributed by atoms with E-state index >= 15 is 0 Å². The van der Waals surface area contributed by atoms with Gasteiger partial charge in [-0.25, -0.2) is 18.0 Å². The number of benzene rings is 2. The molecule has 0 N–H and O–H groups in total. The van der Waals surface area contributed by atoms with Crippen LogP contribution in [0.1, 0.15) is 25.0 Å². The number of nitrogens with zero attached hydrogens (tertiary/aromatic N) is 2. The molecule has 0 atom stereocenters. The lowest BCUT2D eigenvalue weighted by molar-refractivity contribution is 0.104. The number of hydrogen-bond acceptors (Lipinski definition) is 8. The molecular weight excluding hydrogens is 520 g/mol. The number of pyridine rings is 1. The van der Waals surface area contributed by atoms with Crippen LogP contribution in [0.2, 0.25) is 5.02 Å². The Morgan fingerprint density at radius 3 is 2.22 bits per heavy atom. The summed E-state index contributed by atoms with van der Waals surface area (Å²) in [7, 11) is -4.26. The quantitative estimate of drug-likeness (QED) is 0.254. The van der Waals surface area contributed by atoms with E-state index in [9.17, 15) is 18.0 Å². The molecule has 37 heavy (non-hydrogen) atoms. The van der Waals surface area contributed by atoms with Crippen molar-refractivity contribution in [3.05, 3.63) is 95.3 Å². The van der Waals surface area contributed by atoms with E-state index in [2.05, 4.69) is 4.98 Å². The largest absolute Gasteiger partial charge is 0.513 e. The number of carbonyl (C=O) groups is 2. The third-order valence-corrected chi connectivity index (χ3v) is 6.93. The minimum Gasteiger partial charge on any atom is -0.449 e. The zero-order valence-electron chi connectivity index (χ0n) is 20.2. The standard InChI is InChI=1S/C26H25ClN2O7S/c1-3-34-25(30)29(37(32,33)23-13-9-21(27)10-14-23)17-15-24(20-6-5-16-28-18-20)19-7-11-22(12-8-19)36-26(31)35-4-2/h5-16,18H,3-4,17H2,1-2H3. The average Bonchev–Trinajstić information content (AvgIpc) is 2.88. The third-order valence-electron chi connectivity index (χ3n) is 4.94. The van der Waals surface area contributed by atoms with Crippen LogP contribution in [0.15, 0.2) is 84.0 Å². The van der Waals surface area contributed by atoms with Crippen LogP contribution in [0.4, 0.5) is 9.59 Å². The minimum atomic E-state index is -4.26. The molecule has 9 nitrogen and oxygen atoms in total. The Labute approximate surface area is 220 Å². The lowest BCUT2D eigenvalue weighted by atomic mass is 9.99. The van der Waals surface area contributed by atoms with Gasteiger partial charge < -0.3 is 14.2 Å². The van der Waals surface area contributed by atoms with Crippen molar-refractivity contribution in [1.29, 1.82) is 0 Å². The third kappa shape index (κ3) is 7.31. The summed E-state index contributed by atoms with van der Waals surface area (Å²) in [5.41, 5.74) is 1.93. The summed E-state index contributed by atoms with van der Waals surface area (Å²) < 4.78 is 42.2. The molecule has 11 heteroatoms. The van der Waals surface area contributed by atoms with Crippen LogP contribution in [-0.4, -0.2) is 49.7 Å². The first-order valence-corrected chi connectivity index (χ1v) is 13.1. The van der Waals surface area contributed by atoms with Crippen molar-refractivity contribution in [2.75, 3.05) is 19.8 Å². The molecule has 0 aliphatic heterocycles. The number of aromatic nitrogens is 1. The second-order valence-electron chi connectivity index (χ2n) is 7.36. The van der Waals surface area contributed by atoms with E-state index in [4.69, 9.17) is 25.8 Å². The molecule has 0 spiro atoms. The summed E-state index contributed by atoms with van der Waals surface area (Å²) in [5.74, 6) is 0.270. The summed E-state index contributed by atoms with van der Waals surface area (Å²) in [6, 6.07) is 15.5. The Morgan fingerprint density at radius 2 is 1.62 bits per heavy atom. The number of sulfonamides is 1. The monoisotopic (exact) mass is 544 g/mol. The van der Waals surface area contributed by atoms with Crippen LogP contribution < -0.4 is 4.74 Å². The first-order chi connectivity index (χ1) is 17.8. The first kappa shape index (κ1) is 27.7. The SMILES string of the molecule is CCOC(=O)Oc1ccc(C(=CCN(C(=O)OCC)S(=O)(=O)c2ccc(Cl)cc2)c2cccnc2)cc1. The summed E-state index contributed by atoms with van der Waals surface area (Å²) in [4.78, 5) is 28.3. The van der Waals surface area contributed by atoms with Crippen molar-refractivity contribution >= 4 is 39.4 Å². The fourth-order valence-electron chi connectivity index (χ4n) is 3.24. The number of ether oxygens (including phenoxy) is 3. The van der Waals surface area contributed by atoms with E-state index in [1.54, 1.807) is 68.7 Å². The highest BCUT2D eigenvalue weighted by molar-refractivity contribution is 7.89. The van der Waals surface area contributed by atoms with Crippen molar-refractivity contribution in [3.63, 3.8) is 0 Å². The molecule has 0 bridgehead atoms. The van der Waals surface area contributed by atoms with Gasteiger partial charge in [0.2, 0.25) is 0 Å². The number of halogens is 1. The predicted molar refractivity (Wildman–Crippen MR) is 138 cm³/mol. The number of hydrogen-bond donors (Lipinski definition) is 0. The van der Waals surface area contributed by atoms with E-state index in [0.717, 1.165) is 0 Å². The number of rotatable bonds is 9. The summed E-state index contributed by atoms with van der Waals surface area (Å²) in [6.07, 6.45) is 2.96. The molecule has 3 aromatic rings. The highest BCUT2D eigenvalue weighted by atomic mass is 35.5. The second kappa shape index (κ2) is 12.9. The maximum absolute atomic E-state index is 13.3. The zero-order valence-corrected chi connectivity index (χ0v) is 21.7. The zero-order chi connectivity index (χ0) is 26.8. The topological polar surface area (TPSA) is 112 Å². The highest BCUT2D eigenvalue weighted by Gasteiger charge is 2.30. The van der Waals surface area contributed by atoms with Gasteiger partial charge in [0.1, 0.15) is 5.75 Å². The molecule has 2 aromatic carbocycles. The lowest BCUT2D eigenvalue weighted by Crippen LogP contribution is -2.37. The average molecular weight is 545 g/mol. The molecule has 0 radical (unpaired) electrons. The number of carbonyl (C=O) groups excluding carboxylic acids is 2. The van der Waals surface area contributed by atoms with E-state index in [0.29, 0.717) is 26.0 Å². The lowest BCUT2D eigenvalue weighted by Gasteiger charge is -2.21. The molecule has 0 unspecified atom stereocenters. The van der Waals surface area contributed by atoms with Gasteiger partial charge in [0.25, 0.3) is 10.0 Å². The van der Waals surface area contributed by atoms with Gasteiger partial charge >= 0.3 is 12.2 Å². The second-order valence-corrected chi connectivity index (χ2v) is 9.66. The molecule has 0 aliphatic carbocycles. The Hall–Kier alpha value is -3.89. The molecule has 0 aliphatic rings. The van der Waals surface area contributed by atoms with Crippen molar-refractivity contribution < 1.29 is 32.2 Å². The van der Waals surface area contributed by atoms with Crippen LogP contribution in [0.25, 0.3) is 5.57 Å². The molecule has 0 saturated heterocycles. The fourth-order valence-corrected chi connectivity index (χ4v) is 4.63. The maximum Gasteiger partial charge on any atom is 0.513 e. The van der Waals surface area contributed by atoms with Crippen molar-refractivity contribution in [2.24, 2.45) is 0 Å². The van der Waals surface area contributed by atoms with E-state index < -0.39 is 22.3 Å². The van der Waals surface area contributed by atoms with Crippen molar-refractivity contribution in [3.8, 4) is 5.75 Å². The van der Waals surface area contributed by atoms with E-state index in [1.807, 2.05) is 0 Å². The molecule has 3 rings (SSSR count). The molecule has 0 fully saturated rings. The molecule has 194 valence electrons. The van der Waals surface area contributed by atoms with Gasteiger partial charge in [-0.15, -0.1) is 0 Å². The van der Waals surface area contributed by atoms with Crippen LogP contribution in [0.5, 0.6) is 5.75 Å². The van der Waals surface area contributed by atoms with E-state index in [-0.39, 0.29) is 30.4 Å². The van der Waals surface area contributed by atoms with Crippen molar-refractivity contribution in [2.45, 2.75) is 18.7 Å². The summed E-state index contributed by atoms with van der Waals surface area (Å²) >= 11 is 5.90. The van der Waals surface area contributed by atoms with Gasteiger partial charge in [0.15, 0.2) is 0 Å². The maximum atomic E-state index is 13.3. The Kier molecular flexibility index (Phi) is 9.64. The Balaban J connectivity index is 1.99. The molecule has 1 heterocycles. The normalized spacial score (nSPS) is 11.5. The number of amides is 1. The van der Waals surface area contributed by atoms with Gasteiger partial charge in [-0.3, -0.25) is 4.98 Å². The van der Waals surface area contributed by atoms with Gasteiger partial charge in [-0.1, -0.05) is 35.9 Å². The summed E-state index contributed by atoms with van der Waals surface area (Å²) in [6.45, 7) is 3.10. The smallest absolute Gasteiger partial charge is 0.449 e.